The summed E-state index contributed by atoms with van der Waals surface area (Å²) < 4.78 is 7.89. The van der Waals surface area contributed by atoms with Crippen molar-refractivity contribution in [3.63, 3.8) is 0 Å². The molecule has 1 aliphatic rings. The molecule has 1 saturated carbocycles. The second-order valence-corrected chi connectivity index (χ2v) is 8.19. The van der Waals surface area contributed by atoms with Gasteiger partial charge >= 0.3 is 5.97 Å². The summed E-state index contributed by atoms with van der Waals surface area (Å²) in [6.07, 6.45) is 7.02. The number of pyridine rings is 1. The van der Waals surface area contributed by atoms with Crippen molar-refractivity contribution >= 4 is 5.97 Å². The maximum atomic E-state index is 12.6. The monoisotopic (exact) mass is 352 g/mol. The van der Waals surface area contributed by atoms with Gasteiger partial charge in [0.25, 0.3) is 0 Å². The lowest BCUT2D eigenvalue weighted by molar-refractivity contribution is -0.686. The number of aromatic nitrogens is 1. The minimum absolute atomic E-state index is 0.0216. The van der Waals surface area contributed by atoms with Crippen molar-refractivity contribution in [2.75, 3.05) is 0 Å². The molecule has 3 heteroatoms. The van der Waals surface area contributed by atoms with Gasteiger partial charge in [-0.3, -0.25) is 0 Å². The fourth-order valence-corrected chi connectivity index (χ4v) is 4.26. The molecule has 3 atom stereocenters. The molecule has 0 aliphatic heterocycles. The molecule has 2 aromatic rings. The first kappa shape index (κ1) is 18.6. The Labute approximate surface area is 157 Å². The smallest absolute Gasteiger partial charge is 0.372 e. The van der Waals surface area contributed by atoms with E-state index in [1.54, 1.807) is 0 Å². The van der Waals surface area contributed by atoms with Crippen LogP contribution in [0.2, 0.25) is 0 Å². The highest BCUT2D eigenvalue weighted by Crippen LogP contribution is 2.43. The van der Waals surface area contributed by atoms with E-state index >= 15 is 0 Å². The quantitative estimate of drug-likeness (QED) is 0.593. The average molecular weight is 352 g/mol. The highest BCUT2D eigenvalue weighted by molar-refractivity contribution is 5.67. The minimum atomic E-state index is -0.144. The number of esters is 1. The first-order valence-electron chi connectivity index (χ1n) is 9.66. The lowest BCUT2D eigenvalue weighted by atomic mass is 9.64. The summed E-state index contributed by atoms with van der Waals surface area (Å²) in [4.78, 5) is 12.6. The van der Waals surface area contributed by atoms with Crippen LogP contribution in [0.4, 0.5) is 0 Å². The molecular weight excluding hydrogens is 322 g/mol. The van der Waals surface area contributed by atoms with Crippen molar-refractivity contribution in [2.24, 2.45) is 11.8 Å². The summed E-state index contributed by atoms with van der Waals surface area (Å²) in [5, 5.41) is 0. The zero-order valence-electron chi connectivity index (χ0n) is 16.1. The molecule has 0 radical (unpaired) electrons. The Hall–Kier alpha value is -2.16. The number of rotatable bonds is 5. The molecule has 0 bridgehead atoms. The summed E-state index contributed by atoms with van der Waals surface area (Å²) in [6, 6.07) is 16.4. The molecule has 0 unspecified atom stereocenters. The van der Waals surface area contributed by atoms with Gasteiger partial charge in [-0.05, 0) is 29.7 Å². The summed E-state index contributed by atoms with van der Waals surface area (Å²) >= 11 is 0. The molecule has 3 rings (SSSR count). The van der Waals surface area contributed by atoms with Gasteiger partial charge in [-0.25, -0.2) is 4.79 Å². The number of nitrogens with zero attached hydrogens (tertiary/aromatic N) is 1. The number of benzene rings is 1. The largest absolute Gasteiger partial charge is 0.457 e. The van der Waals surface area contributed by atoms with Gasteiger partial charge in [0, 0.05) is 18.1 Å². The van der Waals surface area contributed by atoms with Gasteiger partial charge in [0.15, 0.2) is 12.4 Å². The van der Waals surface area contributed by atoms with Crippen LogP contribution in [-0.4, -0.2) is 12.1 Å². The van der Waals surface area contributed by atoms with Crippen LogP contribution < -0.4 is 4.57 Å². The van der Waals surface area contributed by atoms with E-state index in [1.165, 1.54) is 12.0 Å². The summed E-state index contributed by atoms with van der Waals surface area (Å²) in [6.45, 7) is 7.11. The molecule has 0 amide bonds. The Kier molecular flexibility index (Phi) is 5.75. The average Bonchev–Trinajstić information content (AvgIpc) is 2.63. The number of carbonyl (C=O) groups is 1. The van der Waals surface area contributed by atoms with E-state index in [2.05, 4.69) is 51.1 Å². The first-order valence-corrected chi connectivity index (χ1v) is 9.66. The number of hydrogen-bond acceptors (Lipinski definition) is 2. The second kappa shape index (κ2) is 8.03. The molecule has 1 aromatic carbocycles. The van der Waals surface area contributed by atoms with Crippen LogP contribution in [0.3, 0.4) is 0 Å². The van der Waals surface area contributed by atoms with Crippen LogP contribution in [0.25, 0.3) is 0 Å². The van der Waals surface area contributed by atoms with Crippen LogP contribution in [0.5, 0.6) is 0 Å². The summed E-state index contributed by atoms with van der Waals surface area (Å²) in [5.41, 5.74) is 1.30. The molecule has 1 fully saturated rings. The van der Waals surface area contributed by atoms with Crippen LogP contribution in [0, 0.1) is 11.8 Å². The van der Waals surface area contributed by atoms with Crippen molar-refractivity contribution < 1.29 is 14.1 Å². The van der Waals surface area contributed by atoms with Gasteiger partial charge in [0.2, 0.25) is 6.54 Å². The third-order valence-corrected chi connectivity index (χ3v) is 5.87. The van der Waals surface area contributed by atoms with Crippen LogP contribution in [0.15, 0.2) is 60.9 Å². The van der Waals surface area contributed by atoms with E-state index in [-0.39, 0.29) is 24.0 Å². The van der Waals surface area contributed by atoms with Crippen LogP contribution in [-0.2, 0) is 21.5 Å². The van der Waals surface area contributed by atoms with E-state index in [1.807, 2.05) is 35.2 Å². The molecule has 1 aliphatic carbocycles. The fourth-order valence-electron chi connectivity index (χ4n) is 4.26. The van der Waals surface area contributed by atoms with Crippen molar-refractivity contribution in [3.8, 4) is 0 Å². The highest BCUT2D eigenvalue weighted by atomic mass is 16.5. The van der Waals surface area contributed by atoms with Crippen molar-refractivity contribution in [3.05, 3.63) is 66.5 Å². The molecule has 0 saturated heterocycles. The summed E-state index contributed by atoms with van der Waals surface area (Å²) in [7, 11) is 0. The normalized spacial score (nSPS) is 23.4. The number of ether oxygens (including phenoxy) is 1. The molecule has 0 spiro atoms. The second-order valence-electron chi connectivity index (χ2n) is 8.19. The Morgan fingerprint density at radius 2 is 1.73 bits per heavy atom. The standard InChI is InChI=1S/C23H30NO2/c1-18-12-13-20(23(2,3)19-10-6-4-7-11-19)21(16-18)26-22(25)17-24-14-8-5-9-15-24/h4-11,14-15,18,20-21H,12-13,16-17H2,1-3H3/q+1/t18-,20-,21-/m1/s1. The zero-order chi connectivity index (χ0) is 18.6. The van der Waals surface area contributed by atoms with E-state index in [0.717, 1.165) is 12.8 Å². The molecule has 3 nitrogen and oxygen atoms in total. The van der Waals surface area contributed by atoms with E-state index in [0.29, 0.717) is 11.8 Å². The SMILES string of the molecule is C[C@@H]1CC[C@@H](C(C)(C)c2ccccc2)[C@H](OC(=O)C[n+]2ccccc2)C1. The fraction of sp³-hybridized carbons (Fsp3) is 0.478. The zero-order valence-corrected chi connectivity index (χ0v) is 16.1. The molecule has 26 heavy (non-hydrogen) atoms. The highest BCUT2D eigenvalue weighted by Gasteiger charge is 2.42. The third-order valence-electron chi connectivity index (χ3n) is 5.87. The minimum Gasteiger partial charge on any atom is -0.457 e. The van der Waals surface area contributed by atoms with Gasteiger partial charge < -0.3 is 4.74 Å². The third kappa shape index (κ3) is 4.32. The molecule has 1 aromatic heterocycles. The van der Waals surface area contributed by atoms with E-state index in [9.17, 15) is 4.79 Å². The van der Waals surface area contributed by atoms with Gasteiger partial charge in [-0.1, -0.05) is 63.6 Å². The Morgan fingerprint density at radius 3 is 2.42 bits per heavy atom. The molecule has 0 N–H and O–H groups in total. The molecule has 138 valence electrons. The number of carbonyl (C=O) groups excluding carboxylic acids is 1. The van der Waals surface area contributed by atoms with Crippen molar-refractivity contribution in [1.82, 2.24) is 0 Å². The summed E-state index contributed by atoms with van der Waals surface area (Å²) in [5.74, 6) is 0.792. The Balaban J connectivity index is 1.75. The Bertz CT molecular complexity index is 712. The van der Waals surface area contributed by atoms with Gasteiger partial charge in [-0.2, -0.15) is 4.57 Å². The Morgan fingerprint density at radius 1 is 1.08 bits per heavy atom. The lowest BCUT2D eigenvalue weighted by Crippen LogP contribution is -2.45. The van der Waals surface area contributed by atoms with Gasteiger partial charge in [0.1, 0.15) is 6.10 Å². The topological polar surface area (TPSA) is 30.2 Å². The maximum Gasteiger partial charge on any atom is 0.372 e. The van der Waals surface area contributed by atoms with Crippen LogP contribution >= 0.6 is 0 Å². The van der Waals surface area contributed by atoms with Crippen molar-refractivity contribution in [1.29, 1.82) is 0 Å². The predicted molar refractivity (Wildman–Crippen MR) is 102 cm³/mol. The number of hydrogen-bond donors (Lipinski definition) is 0. The van der Waals surface area contributed by atoms with E-state index < -0.39 is 0 Å². The van der Waals surface area contributed by atoms with E-state index in [4.69, 9.17) is 4.74 Å². The molecule has 1 heterocycles. The van der Waals surface area contributed by atoms with Crippen LogP contribution in [0.1, 0.15) is 45.6 Å². The maximum absolute atomic E-state index is 12.6. The van der Waals surface area contributed by atoms with Gasteiger partial charge in [-0.15, -0.1) is 0 Å². The van der Waals surface area contributed by atoms with Crippen molar-refractivity contribution in [2.45, 2.75) is 58.1 Å². The van der Waals surface area contributed by atoms with Gasteiger partial charge in [0.05, 0.1) is 0 Å². The first-order chi connectivity index (χ1) is 12.5. The molecular formula is C23H30NO2+. The lowest BCUT2D eigenvalue weighted by Gasteiger charge is -2.43. The predicted octanol–water partition coefficient (Wildman–Crippen LogP) is 4.30.